The number of benzene rings is 1. The minimum Gasteiger partial charge on any atom is -0.326 e. The predicted octanol–water partition coefficient (Wildman–Crippen LogP) is 1.63. The molecule has 0 bridgehead atoms. The van der Waals surface area contributed by atoms with E-state index < -0.39 is 0 Å². The molecular formula is C13H18N2OS. The summed E-state index contributed by atoms with van der Waals surface area (Å²) in [6.45, 7) is 2.00. The Labute approximate surface area is 107 Å². The second-order valence-electron chi connectivity index (χ2n) is 4.29. The van der Waals surface area contributed by atoms with Gasteiger partial charge < -0.3 is 10.6 Å². The molecule has 3 nitrogen and oxygen atoms in total. The SMILES string of the molecule is O=C1Cc2cc(CCNCCCS)ccc2N1. The normalized spacial score (nSPS) is 13.6. The molecule has 0 atom stereocenters. The zero-order chi connectivity index (χ0) is 12.1. The molecular weight excluding hydrogens is 232 g/mol. The van der Waals surface area contributed by atoms with E-state index in [0.717, 1.165) is 42.9 Å². The Morgan fingerprint density at radius 2 is 2.24 bits per heavy atom. The molecule has 2 rings (SSSR count). The standard InChI is InChI=1S/C13H18N2OS/c16-13-9-11-8-10(2-3-12(11)15-13)4-6-14-5-1-7-17/h2-3,8,14,17H,1,4-7,9H2,(H,15,16). The summed E-state index contributed by atoms with van der Waals surface area (Å²) in [4.78, 5) is 11.2. The maximum atomic E-state index is 11.2. The maximum absolute atomic E-state index is 11.2. The third-order valence-electron chi connectivity index (χ3n) is 2.90. The quantitative estimate of drug-likeness (QED) is 0.530. The summed E-state index contributed by atoms with van der Waals surface area (Å²) in [5, 5.41) is 6.23. The van der Waals surface area contributed by atoms with Gasteiger partial charge in [-0.3, -0.25) is 4.79 Å². The van der Waals surface area contributed by atoms with Crippen molar-refractivity contribution in [3.05, 3.63) is 29.3 Å². The molecule has 0 unspecified atom stereocenters. The molecule has 0 saturated carbocycles. The predicted molar refractivity (Wildman–Crippen MR) is 73.8 cm³/mol. The zero-order valence-electron chi connectivity index (χ0n) is 9.83. The molecule has 17 heavy (non-hydrogen) atoms. The molecule has 1 aliphatic heterocycles. The van der Waals surface area contributed by atoms with Gasteiger partial charge in [0.1, 0.15) is 0 Å². The summed E-state index contributed by atoms with van der Waals surface area (Å²) in [5.41, 5.74) is 3.39. The van der Waals surface area contributed by atoms with E-state index in [1.807, 2.05) is 6.07 Å². The Balaban J connectivity index is 1.82. The van der Waals surface area contributed by atoms with Gasteiger partial charge in [-0.25, -0.2) is 0 Å². The lowest BCUT2D eigenvalue weighted by Crippen LogP contribution is -2.18. The van der Waals surface area contributed by atoms with Gasteiger partial charge in [0.15, 0.2) is 0 Å². The van der Waals surface area contributed by atoms with Gasteiger partial charge in [-0.1, -0.05) is 12.1 Å². The van der Waals surface area contributed by atoms with Crippen LogP contribution in [-0.4, -0.2) is 24.7 Å². The molecule has 1 amide bonds. The topological polar surface area (TPSA) is 41.1 Å². The molecule has 0 radical (unpaired) electrons. The van der Waals surface area contributed by atoms with Crippen LogP contribution in [0.3, 0.4) is 0 Å². The lowest BCUT2D eigenvalue weighted by Gasteiger charge is -2.05. The van der Waals surface area contributed by atoms with Crippen molar-refractivity contribution in [1.82, 2.24) is 5.32 Å². The molecule has 2 N–H and O–H groups in total. The second kappa shape index (κ2) is 6.07. The van der Waals surface area contributed by atoms with E-state index in [1.54, 1.807) is 0 Å². The largest absolute Gasteiger partial charge is 0.326 e. The first-order valence-electron chi connectivity index (χ1n) is 6.03. The van der Waals surface area contributed by atoms with Crippen LogP contribution in [0.4, 0.5) is 5.69 Å². The van der Waals surface area contributed by atoms with Crippen LogP contribution in [0.15, 0.2) is 18.2 Å². The van der Waals surface area contributed by atoms with E-state index in [4.69, 9.17) is 0 Å². The van der Waals surface area contributed by atoms with Crippen LogP contribution in [0, 0.1) is 0 Å². The number of fused-ring (bicyclic) bond motifs is 1. The van der Waals surface area contributed by atoms with Crippen molar-refractivity contribution in [1.29, 1.82) is 0 Å². The van der Waals surface area contributed by atoms with E-state index in [2.05, 4.69) is 35.4 Å². The fraction of sp³-hybridized carbons (Fsp3) is 0.462. The molecule has 0 saturated heterocycles. The van der Waals surface area contributed by atoms with Crippen LogP contribution in [0.2, 0.25) is 0 Å². The molecule has 1 aromatic rings. The number of carbonyl (C=O) groups is 1. The summed E-state index contributed by atoms with van der Waals surface area (Å²) in [6, 6.07) is 6.22. The van der Waals surface area contributed by atoms with Crippen LogP contribution in [-0.2, 0) is 17.6 Å². The summed E-state index contributed by atoms with van der Waals surface area (Å²) < 4.78 is 0. The van der Waals surface area contributed by atoms with Crippen molar-refractivity contribution in [3.8, 4) is 0 Å². The average molecular weight is 250 g/mol. The first-order valence-corrected chi connectivity index (χ1v) is 6.66. The molecule has 0 spiro atoms. The zero-order valence-corrected chi connectivity index (χ0v) is 10.7. The monoisotopic (exact) mass is 250 g/mol. The molecule has 0 fully saturated rings. The van der Waals surface area contributed by atoms with Crippen molar-refractivity contribution < 1.29 is 4.79 Å². The first kappa shape index (κ1) is 12.5. The van der Waals surface area contributed by atoms with Crippen molar-refractivity contribution >= 4 is 24.2 Å². The number of amides is 1. The van der Waals surface area contributed by atoms with Gasteiger partial charge in [0, 0.05) is 5.69 Å². The van der Waals surface area contributed by atoms with Crippen LogP contribution >= 0.6 is 12.6 Å². The van der Waals surface area contributed by atoms with Crippen molar-refractivity contribution in [2.24, 2.45) is 0 Å². The molecule has 1 heterocycles. The van der Waals surface area contributed by atoms with Gasteiger partial charge in [0.05, 0.1) is 6.42 Å². The summed E-state index contributed by atoms with van der Waals surface area (Å²) in [6.07, 6.45) is 2.63. The van der Waals surface area contributed by atoms with E-state index in [0.29, 0.717) is 6.42 Å². The first-order chi connectivity index (χ1) is 8.29. The smallest absolute Gasteiger partial charge is 0.228 e. The van der Waals surface area contributed by atoms with E-state index >= 15 is 0 Å². The number of thiol groups is 1. The van der Waals surface area contributed by atoms with Crippen LogP contribution < -0.4 is 10.6 Å². The lowest BCUT2D eigenvalue weighted by atomic mass is 10.1. The van der Waals surface area contributed by atoms with Gasteiger partial charge in [-0.2, -0.15) is 12.6 Å². The Morgan fingerprint density at radius 3 is 3.06 bits per heavy atom. The minimum atomic E-state index is 0.101. The number of anilines is 1. The molecule has 1 aliphatic rings. The van der Waals surface area contributed by atoms with Crippen LogP contribution in [0.5, 0.6) is 0 Å². The molecule has 4 heteroatoms. The fourth-order valence-corrected chi connectivity index (χ4v) is 2.16. The highest BCUT2D eigenvalue weighted by molar-refractivity contribution is 7.80. The van der Waals surface area contributed by atoms with Crippen LogP contribution in [0.1, 0.15) is 17.5 Å². The Kier molecular flexibility index (Phi) is 4.45. The lowest BCUT2D eigenvalue weighted by molar-refractivity contribution is -0.115. The highest BCUT2D eigenvalue weighted by Gasteiger charge is 2.16. The minimum absolute atomic E-state index is 0.101. The van der Waals surface area contributed by atoms with Crippen molar-refractivity contribution in [3.63, 3.8) is 0 Å². The Morgan fingerprint density at radius 1 is 1.35 bits per heavy atom. The van der Waals surface area contributed by atoms with E-state index in [-0.39, 0.29) is 5.91 Å². The maximum Gasteiger partial charge on any atom is 0.228 e. The third-order valence-corrected chi connectivity index (χ3v) is 3.21. The van der Waals surface area contributed by atoms with Gasteiger partial charge in [0.2, 0.25) is 5.91 Å². The van der Waals surface area contributed by atoms with Gasteiger partial charge >= 0.3 is 0 Å². The van der Waals surface area contributed by atoms with Crippen molar-refractivity contribution in [2.75, 3.05) is 24.2 Å². The average Bonchev–Trinajstić information content (AvgIpc) is 2.68. The number of nitrogens with one attached hydrogen (secondary N) is 2. The van der Waals surface area contributed by atoms with Gasteiger partial charge in [0.25, 0.3) is 0 Å². The van der Waals surface area contributed by atoms with Crippen molar-refractivity contribution in [2.45, 2.75) is 19.3 Å². The Bertz CT molecular complexity index is 406. The van der Waals surface area contributed by atoms with Crippen LogP contribution in [0.25, 0.3) is 0 Å². The fourth-order valence-electron chi connectivity index (χ4n) is 2.00. The van der Waals surface area contributed by atoms with E-state index in [1.165, 1.54) is 5.56 Å². The summed E-state index contributed by atoms with van der Waals surface area (Å²) in [5.74, 6) is 1.03. The molecule has 0 aliphatic carbocycles. The summed E-state index contributed by atoms with van der Waals surface area (Å²) >= 11 is 4.17. The number of rotatable bonds is 6. The molecule has 1 aromatic carbocycles. The van der Waals surface area contributed by atoms with Gasteiger partial charge in [-0.15, -0.1) is 0 Å². The Hall–Kier alpha value is -1.00. The third kappa shape index (κ3) is 3.48. The highest BCUT2D eigenvalue weighted by Crippen LogP contribution is 2.23. The summed E-state index contributed by atoms with van der Waals surface area (Å²) in [7, 11) is 0. The van der Waals surface area contributed by atoms with E-state index in [9.17, 15) is 4.79 Å². The molecule has 92 valence electrons. The second-order valence-corrected chi connectivity index (χ2v) is 4.74. The number of hydrogen-bond donors (Lipinski definition) is 3. The highest BCUT2D eigenvalue weighted by atomic mass is 32.1. The number of hydrogen-bond acceptors (Lipinski definition) is 3. The molecule has 0 aromatic heterocycles. The van der Waals surface area contributed by atoms with Gasteiger partial charge in [-0.05, 0) is 48.9 Å². The number of carbonyl (C=O) groups excluding carboxylic acids is 1.